The Kier molecular flexibility index (Phi) is 6.11. The van der Waals surface area contributed by atoms with Crippen LogP contribution in [-0.4, -0.2) is 37.5 Å². The predicted octanol–water partition coefficient (Wildman–Crippen LogP) is 2.96. The van der Waals surface area contributed by atoms with Gasteiger partial charge in [0.15, 0.2) is 11.5 Å². The van der Waals surface area contributed by atoms with E-state index in [1.807, 2.05) is 13.8 Å². The quantitative estimate of drug-likeness (QED) is 0.831. The monoisotopic (exact) mass is 332 g/mol. The van der Waals surface area contributed by atoms with Gasteiger partial charge in [0.05, 0.1) is 22.7 Å². The first kappa shape index (κ1) is 15.8. The van der Waals surface area contributed by atoms with E-state index in [1.54, 1.807) is 7.11 Å². The normalized spacial score (nSPS) is 12.0. The van der Waals surface area contributed by atoms with Crippen LogP contribution < -0.4 is 9.47 Å². The molecule has 0 aromatic heterocycles. The van der Waals surface area contributed by atoms with Crippen LogP contribution in [0.3, 0.4) is 0 Å². The zero-order chi connectivity index (χ0) is 14.4. The standard InChI is InChI=1S/C13H17BrO5/c1-4-18-11-6-9(13(15)16)5-10(14)12(11)19-7-8(2)17-3/h5-6,8H,4,7H2,1-3H3,(H,15,16). The van der Waals surface area contributed by atoms with Crippen LogP contribution in [0.4, 0.5) is 0 Å². The van der Waals surface area contributed by atoms with Gasteiger partial charge in [-0.05, 0) is 41.9 Å². The maximum absolute atomic E-state index is 11.0. The zero-order valence-electron chi connectivity index (χ0n) is 11.1. The summed E-state index contributed by atoms with van der Waals surface area (Å²) >= 11 is 3.30. The summed E-state index contributed by atoms with van der Waals surface area (Å²) in [6.07, 6.45) is -0.0690. The number of aromatic carboxylic acids is 1. The summed E-state index contributed by atoms with van der Waals surface area (Å²) < 4.78 is 16.7. The lowest BCUT2D eigenvalue weighted by atomic mass is 10.2. The molecular formula is C13H17BrO5. The van der Waals surface area contributed by atoms with Crippen molar-refractivity contribution in [3.63, 3.8) is 0 Å². The molecule has 0 amide bonds. The molecule has 1 aromatic carbocycles. The minimum Gasteiger partial charge on any atom is -0.490 e. The average Bonchev–Trinajstić information content (AvgIpc) is 2.37. The van der Waals surface area contributed by atoms with E-state index >= 15 is 0 Å². The Labute approximate surface area is 120 Å². The number of carboxylic acid groups (broad SMARTS) is 1. The van der Waals surface area contributed by atoms with Crippen molar-refractivity contribution in [1.82, 2.24) is 0 Å². The molecule has 1 N–H and O–H groups in total. The molecule has 1 unspecified atom stereocenters. The molecule has 0 saturated carbocycles. The van der Waals surface area contributed by atoms with E-state index in [4.69, 9.17) is 19.3 Å². The summed E-state index contributed by atoms with van der Waals surface area (Å²) in [5.41, 5.74) is 0.141. The minimum atomic E-state index is -1.02. The van der Waals surface area contributed by atoms with Crippen molar-refractivity contribution in [3.8, 4) is 11.5 Å². The third kappa shape index (κ3) is 4.40. The number of ether oxygens (including phenoxy) is 3. The van der Waals surface area contributed by atoms with Crippen LogP contribution in [0.15, 0.2) is 16.6 Å². The number of halogens is 1. The van der Waals surface area contributed by atoms with Gasteiger partial charge in [0.2, 0.25) is 0 Å². The molecule has 19 heavy (non-hydrogen) atoms. The fourth-order valence-electron chi connectivity index (χ4n) is 1.36. The highest BCUT2D eigenvalue weighted by atomic mass is 79.9. The fraction of sp³-hybridized carbons (Fsp3) is 0.462. The van der Waals surface area contributed by atoms with Crippen LogP contribution in [-0.2, 0) is 4.74 Å². The summed E-state index contributed by atoms with van der Waals surface area (Å²) in [4.78, 5) is 11.0. The number of hydrogen-bond acceptors (Lipinski definition) is 4. The second-order valence-electron chi connectivity index (χ2n) is 3.88. The van der Waals surface area contributed by atoms with Gasteiger partial charge < -0.3 is 19.3 Å². The first-order chi connectivity index (χ1) is 8.99. The number of benzene rings is 1. The van der Waals surface area contributed by atoms with Gasteiger partial charge in [0, 0.05) is 7.11 Å². The topological polar surface area (TPSA) is 65.0 Å². The van der Waals surface area contributed by atoms with Crippen molar-refractivity contribution in [2.75, 3.05) is 20.3 Å². The molecule has 0 radical (unpaired) electrons. The van der Waals surface area contributed by atoms with E-state index in [-0.39, 0.29) is 11.7 Å². The Bertz CT molecular complexity index is 447. The molecule has 0 aliphatic heterocycles. The lowest BCUT2D eigenvalue weighted by Crippen LogP contribution is -2.16. The Balaban J connectivity index is 3.03. The number of hydrogen-bond donors (Lipinski definition) is 1. The lowest BCUT2D eigenvalue weighted by molar-refractivity contribution is 0.0685. The van der Waals surface area contributed by atoms with E-state index in [1.165, 1.54) is 12.1 Å². The summed E-state index contributed by atoms with van der Waals surface area (Å²) in [5.74, 6) is -0.133. The van der Waals surface area contributed by atoms with Crippen LogP contribution in [0.25, 0.3) is 0 Å². The summed E-state index contributed by atoms with van der Waals surface area (Å²) in [7, 11) is 1.60. The molecule has 1 atom stereocenters. The van der Waals surface area contributed by atoms with E-state index in [0.29, 0.717) is 29.2 Å². The smallest absolute Gasteiger partial charge is 0.335 e. The van der Waals surface area contributed by atoms with Gasteiger partial charge in [-0.1, -0.05) is 0 Å². The molecule has 1 aromatic rings. The second-order valence-corrected chi connectivity index (χ2v) is 4.74. The number of methoxy groups -OCH3 is 1. The molecule has 106 valence electrons. The van der Waals surface area contributed by atoms with Gasteiger partial charge >= 0.3 is 5.97 Å². The molecule has 0 bridgehead atoms. The zero-order valence-corrected chi connectivity index (χ0v) is 12.7. The maximum Gasteiger partial charge on any atom is 0.335 e. The van der Waals surface area contributed by atoms with Gasteiger partial charge in [-0.2, -0.15) is 0 Å². The van der Waals surface area contributed by atoms with Crippen molar-refractivity contribution in [2.24, 2.45) is 0 Å². The number of carbonyl (C=O) groups is 1. The molecule has 0 aliphatic carbocycles. The SMILES string of the molecule is CCOc1cc(C(=O)O)cc(Br)c1OCC(C)OC. The van der Waals surface area contributed by atoms with Gasteiger partial charge in [0.25, 0.3) is 0 Å². The van der Waals surface area contributed by atoms with E-state index in [9.17, 15) is 4.79 Å². The van der Waals surface area contributed by atoms with Gasteiger partial charge in [0.1, 0.15) is 6.61 Å². The second kappa shape index (κ2) is 7.35. The van der Waals surface area contributed by atoms with Crippen LogP contribution in [0.2, 0.25) is 0 Å². The summed E-state index contributed by atoms with van der Waals surface area (Å²) in [6.45, 7) is 4.47. The van der Waals surface area contributed by atoms with Crippen molar-refractivity contribution in [1.29, 1.82) is 0 Å². The highest BCUT2D eigenvalue weighted by Crippen LogP contribution is 2.37. The Morgan fingerprint density at radius 3 is 2.63 bits per heavy atom. The molecule has 6 heteroatoms. The van der Waals surface area contributed by atoms with Gasteiger partial charge in [-0.3, -0.25) is 0 Å². The molecule has 1 rings (SSSR count). The van der Waals surface area contributed by atoms with E-state index in [0.717, 1.165) is 0 Å². The summed E-state index contributed by atoms with van der Waals surface area (Å²) in [5, 5.41) is 9.01. The van der Waals surface area contributed by atoms with Crippen LogP contribution in [0.1, 0.15) is 24.2 Å². The first-order valence-corrected chi connectivity index (χ1v) is 6.64. The average molecular weight is 333 g/mol. The molecule has 0 heterocycles. The third-order valence-electron chi connectivity index (χ3n) is 2.42. The van der Waals surface area contributed by atoms with E-state index in [2.05, 4.69) is 15.9 Å². The van der Waals surface area contributed by atoms with Gasteiger partial charge in [-0.15, -0.1) is 0 Å². The Hall–Kier alpha value is -1.27. The molecule has 0 spiro atoms. The van der Waals surface area contributed by atoms with Crippen molar-refractivity contribution < 1.29 is 24.1 Å². The highest BCUT2D eigenvalue weighted by molar-refractivity contribution is 9.10. The number of carboxylic acids is 1. The molecule has 0 fully saturated rings. The van der Waals surface area contributed by atoms with Crippen molar-refractivity contribution >= 4 is 21.9 Å². The minimum absolute atomic E-state index is 0.0690. The summed E-state index contributed by atoms with van der Waals surface area (Å²) in [6, 6.07) is 2.93. The van der Waals surface area contributed by atoms with Crippen LogP contribution in [0.5, 0.6) is 11.5 Å². The van der Waals surface area contributed by atoms with Crippen LogP contribution in [0, 0.1) is 0 Å². The van der Waals surface area contributed by atoms with E-state index < -0.39 is 5.97 Å². The molecule has 0 saturated heterocycles. The van der Waals surface area contributed by atoms with Crippen molar-refractivity contribution in [2.45, 2.75) is 20.0 Å². The van der Waals surface area contributed by atoms with Crippen LogP contribution >= 0.6 is 15.9 Å². The molecule has 5 nitrogen and oxygen atoms in total. The predicted molar refractivity (Wildman–Crippen MR) is 74.2 cm³/mol. The Morgan fingerprint density at radius 2 is 2.11 bits per heavy atom. The first-order valence-electron chi connectivity index (χ1n) is 5.84. The Morgan fingerprint density at radius 1 is 1.42 bits per heavy atom. The maximum atomic E-state index is 11.0. The lowest BCUT2D eigenvalue weighted by Gasteiger charge is -2.16. The highest BCUT2D eigenvalue weighted by Gasteiger charge is 2.16. The van der Waals surface area contributed by atoms with Crippen molar-refractivity contribution in [3.05, 3.63) is 22.2 Å². The molecule has 0 aliphatic rings. The third-order valence-corrected chi connectivity index (χ3v) is 3.01. The molecular weight excluding hydrogens is 316 g/mol. The number of rotatable bonds is 7. The fourth-order valence-corrected chi connectivity index (χ4v) is 1.92. The largest absolute Gasteiger partial charge is 0.490 e. The van der Waals surface area contributed by atoms with Gasteiger partial charge in [-0.25, -0.2) is 4.79 Å².